The van der Waals surface area contributed by atoms with Crippen LogP contribution in [0.15, 0.2) is 24.3 Å². The minimum atomic E-state index is -1.16. The van der Waals surface area contributed by atoms with Crippen LogP contribution < -0.4 is 5.32 Å². The second-order valence-electron chi connectivity index (χ2n) is 7.49. The van der Waals surface area contributed by atoms with Gasteiger partial charge in [-0.15, -0.1) is 23.2 Å². The number of imide groups is 1. The number of esters is 1. The van der Waals surface area contributed by atoms with Crippen LogP contribution in [0.1, 0.15) is 50.0 Å². The summed E-state index contributed by atoms with van der Waals surface area (Å²) in [4.78, 5) is 35.7. The van der Waals surface area contributed by atoms with Gasteiger partial charge in [0.2, 0.25) is 0 Å². The Balaban J connectivity index is 1.86. The Labute approximate surface area is 157 Å². The summed E-state index contributed by atoms with van der Waals surface area (Å²) < 4.78 is 3.73. The summed E-state index contributed by atoms with van der Waals surface area (Å²) in [5.41, 5.74) is 0.385. The third kappa shape index (κ3) is 4.33. The molecular weight excluding hydrogens is 365 g/mol. The van der Waals surface area contributed by atoms with E-state index in [9.17, 15) is 14.4 Å². The first-order chi connectivity index (χ1) is 11.4. The van der Waals surface area contributed by atoms with E-state index in [0.29, 0.717) is 5.56 Å². The number of halogens is 2. The van der Waals surface area contributed by atoms with Crippen LogP contribution in [0.3, 0.4) is 0 Å². The summed E-state index contributed by atoms with van der Waals surface area (Å²) in [6, 6.07) is 6.98. The molecule has 0 heterocycles. The maximum atomic E-state index is 12.1. The van der Waals surface area contributed by atoms with Gasteiger partial charge in [-0.2, -0.15) is 0 Å². The van der Waals surface area contributed by atoms with Crippen molar-refractivity contribution in [3.05, 3.63) is 35.4 Å². The molecule has 0 saturated heterocycles. The molecule has 0 bridgehead atoms. The number of rotatable bonds is 4. The summed E-state index contributed by atoms with van der Waals surface area (Å²) in [5.74, 6) is -1.92. The molecule has 1 aliphatic carbocycles. The topological polar surface area (TPSA) is 72.5 Å². The van der Waals surface area contributed by atoms with Crippen LogP contribution in [0.2, 0.25) is 0 Å². The lowest BCUT2D eigenvalue weighted by Crippen LogP contribution is -2.35. The zero-order chi connectivity index (χ0) is 19.0. The van der Waals surface area contributed by atoms with E-state index >= 15 is 0 Å². The van der Waals surface area contributed by atoms with Crippen LogP contribution in [0, 0.1) is 5.41 Å². The summed E-state index contributed by atoms with van der Waals surface area (Å²) in [5, 5.41) is 2.18. The molecule has 0 unspecified atom stereocenters. The minimum Gasteiger partial charge on any atom is -0.455 e. The van der Waals surface area contributed by atoms with Crippen LogP contribution in [0.5, 0.6) is 0 Å². The third-order valence-electron chi connectivity index (χ3n) is 4.31. The van der Waals surface area contributed by atoms with Gasteiger partial charge in [-0.05, 0) is 30.0 Å². The molecule has 25 heavy (non-hydrogen) atoms. The largest absolute Gasteiger partial charge is 0.455 e. The van der Waals surface area contributed by atoms with Crippen LogP contribution in [0.25, 0.3) is 0 Å². The van der Waals surface area contributed by atoms with E-state index in [0.717, 1.165) is 5.56 Å². The van der Waals surface area contributed by atoms with E-state index < -0.39 is 34.1 Å². The Morgan fingerprint density at radius 1 is 1.16 bits per heavy atom. The zero-order valence-electron chi connectivity index (χ0n) is 14.6. The van der Waals surface area contributed by atoms with Gasteiger partial charge in [0, 0.05) is 12.0 Å². The van der Waals surface area contributed by atoms with Gasteiger partial charge in [-0.3, -0.25) is 19.7 Å². The van der Waals surface area contributed by atoms with Gasteiger partial charge < -0.3 is 4.74 Å². The predicted molar refractivity (Wildman–Crippen MR) is 95.7 cm³/mol. The second kappa shape index (κ2) is 6.61. The van der Waals surface area contributed by atoms with Gasteiger partial charge >= 0.3 is 5.97 Å². The number of benzene rings is 1. The summed E-state index contributed by atoms with van der Waals surface area (Å²) >= 11 is 11.8. The van der Waals surface area contributed by atoms with Crippen molar-refractivity contribution < 1.29 is 19.1 Å². The molecule has 1 aromatic rings. The van der Waals surface area contributed by atoms with Crippen molar-refractivity contribution >= 4 is 41.0 Å². The van der Waals surface area contributed by atoms with E-state index in [2.05, 4.69) is 26.1 Å². The van der Waals surface area contributed by atoms with E-state index in [-0.39, 0.29) is 11.8 Å². The molecule has 0 radical (unpaired) electrons. The summed E-state index contributed by atoms with van der Waals surface area (Å²) in [6.45, 7) is 7.20. The lowest BCUT2D eigenvalue weighted by atomic mass is 9.87. The average Bonchev–Trinajstić information content (AvgIpc) is 3.03. The fourth-order valence-electron chi connectivity index (χ4n) is 2.27. The van der Waals surface area contributed by atoms with Gasteiger partial charge in [0.05, 0.1) is 0 Å². The highest BCUT2D eigenvalue weighted by Gasteiger charge is 2.69. The number of hydrogen-bond donors (Lipinski definition) is 1. The molecule has 2 amide bonds. The highest BCUT2D eigenvalue weighted by molar-refractivity contribution is 6.53. The van der Waals surface area contributed by atoms with E-state index in [4.69, 9.17) is 27.9 Å². The Kier molecular flexibility index (Phi) is 5.22. The number of carbonyl (C=O) groups excluding carboxylic acids is 3. The second-order valence-corrected chi connectivity index (χ2v) is 8.98. The van der Waals surface area contributed by atoms with Crippen molar-refractivity contribution in [3.8, 4) is 0 Å². The number of carbonyl (C=O) groups is 3. The molecule has 136 valence electrons. The average molecular weight is 386 g/mol. The predicted octanol–water partition coefficient (Wildman–Crippen LogP) is 3.37. The molecule has 0 aliphatic heterocycles. The lowest BCUT2D eigenvalue weighted by molar-refractivity contribution is -0.153. The standard InChI is InChI=1S/C18H21Cl2NO4/c1-16(2,3)12-7-5-11(6-8-12)14(23)21-13(22)9-25-15(24)17(4)10-18(17,19)20/h5-8H,9-10H2,1-4H3,(H,21,22,23)/t17-/m1/s1. The van der Waals surface area contributed by atoms with E-state index in [1.54, 1.807) is 19.1 Å². The number of hydrogen-bond acceptors (Lipinski definition) is 4. The molecule has 1 aliphatic rings. The fraction of sp³-hybridized carbons (Fsp3) is 0.500. The number of amides is 2. The first kappa shape index (κ1) is 19.7. The summed E-state index contributed by atoms with van der Waals surface area (Å²) in [7, 11) is 0. The van der Waals surface area contributed by atoms with E-state index in [1.807, 2.05) is 12.1 Å². The monoisotopic (exact) mass is 385 g/mol. The maximum Gasteiger partial charge on any atom is 0.315 e. The minimum absolute atomic E-state index is 0.0298. The van der Waals surface area contributed by atoms with Crippen LogP contribution in [0.4, 0.5) is 0 Å². The fourth-order valence-corrected chi connectivity index (χ4v) is 2.96. The summed E-state index contributed by atoms with van der Waals surface area (Å²) in [6.07, 6.45) is 0.266. The highest BCUT2D eigenvalue weighted by Crippen LogP contribution is 2.64. The molecule has 1 N–H and O–H groups in total. The van der Waals surface area contributed by atoms with E-state index in [1.165, 1.54) is 0 Å². The van der Waals surface area contributed by atoms with Gasteiger partial charge in [0.25, 0.3) is 11.8 Å². The lowest BCUT2D eigenvalue weighted by Gasteiger charge is -2.19. The first-order valence-corrected chi connectivity index (χ1v) is 8.62. The normalized spacial score (nSPS) is 21.4. The van der Waals surface area contributed by atoms with Crippen LogP contribution in [-0.2, 0) is 19.7 Å². The van der Waals surface area contributed by atoms with Gasteiger partial charge in [0.1, 0.15) is 9.75 Å². The molecule has 1 saturated carbocycles. The molecule has 1 fully saturated rings. The highest BCUT2D eigenvalue weighted by atomic mass is 35.5. The maximum absolute atomic E-state index is 12.1. The molecule has 1 aromatic carbocycles. The number of nitrogens with one attached hydrogen (secondary N) is 1. The SMILES string of the molecule is CC(C)(C)c1ccc(C(=O)NC(=O)COC(=O)[C@@]2(C)CC2(Cl)Cl)cc1. The zero-order valence-corrected chi connectivity index (χ0v) is 16.1. The molecular formula is C18H21Cl2NO4. The van der Waals surface area contributed by atoms with Gasteiger partial charge in [-0.1, -0.05) is 32.9 Å². The molecule has 7 heteroatoms. The Hall–Kier alpha value is -1.59. The van der Waals surface area contributed by atoms with Crippen molar-refractivity contribution in [1.82, 2.24) is 5.32 Å². The van der Waals surface area contributed by atoms with Crippen molar-refractivity contribution in [3.63, 3.8) is 0 Å². The van der Waals surface area contributed by atoms with Gasteiger partial charge in [-0.25, -0.2) is 0 Å². The van der Waals surface area contributed by atoms with Crippen LogP contribution >= 0.6 is 23.2 Å². The van der Waals surface area contributed by atoms with Crippen LogP contribution in [-0.4, -0.2) is 28.7 Å². The Morgan fingerprint density at radius 3 is 2.12 bits per heavy atom. The number of ether oxygens (including phenoxy) is 1. The Morgan fingerprint density at radius 2 is 1.68 bits per heavy atom. The third-order valence-corrected chi connectivity index (χ3v) is 5.41. The van der Waals surface area contributed by atoms with Crippen molar-refractivity contribution in [1.29, 1.82) is 0 Å². The molecule has 5 nitrogen and oxygen atoms in total. The molecule has 0 spiro atoms. The van der Waals surface area contributed by atoms with Crippen molar-refractivity contribution in [2.75, 3.05) is 6.61 Å². The van der Waals surface area contributed by atoms with Gasteiger partial charge in [0.15, 0.2) is 6.61 Å². The smallest absolute Gasteiger partial charge is 0.315 e. The molecule has 0 aromatic heterocycles. The Bertz CT molecular complexity index is 707. The van der Waals surface area contributed by atoms with Crippen molar-refractivity contribution in [2.24, 2.45) is 5.41 Å². The number of alkyl halides is 2. The first-order valence-electron chi connectivity index (χ1n) is 7.87. The quantitative estimate of drug-likeness (QED) is 0.636. The van der Waals surface area contributed by atoms with Crippen molar-refractivity contribution in [2.45, 2.75) is 43.9 Å². The molecule has 2 rings (SSSR count). The molecule has 1 atom stereocenters.